The van der Waals surface area contributed by atoms with E-state index in [0.717, 1.165) is 0 Å². The molecule has 1 saturated heterocycles. The number of rotatable bonds is 4. The summed E-state index contributed by atoms with van der Waals surface area (Å²) in [6, 6.07) is 13.3. The van der Waals surface area contributed by atoms with E-state index in [2.05, 4.69) is 4.98 Å². The summed E-state index contributed by atoms with van der Waals surface area (Å²) < 4.78 is 0. The van der Waals surface area contributed by atoms with Crippen LogP contribution in [0.1, 0.15) is 24.2 Å². The fourth-order valence-corrected chi connectivity index (χ4v) is 3.18. The summed E-state index contributed by atoms with van der Waals surface area (Å²) in [6.45, 7) is 3.80. The van der Waals surface area contributed by atoms with Crippen LogP contribution in [-0.4, -0.2) is 28.5 Å². The van der Waals surface area contributed by atoms with Gasteiger partial charge in [-0.1, -0.05) is 50.2 Å². The second-order valence-electron chi connectivity index (χ2n) is 6.17. The first-order chi connectivity index (χ1) is 11.5. The molecule has 1 aromatic carbocycles. The van der Waals surface area contributed by atoms with Crippen molar-refractivity contribution in [2.24, 2.45) is 11.8 Å². The van der Waals surface area contributed by atoms with Crippen LogP contribution in [0.5, 0.6) is 0 Å². The Morgan fingerprint density at radius 3 is 2.29 bits per heavy atom. The lowest BCUT2D eigenvalue weighted by atomic mass is 9.84. The zero-order valence-corrected chi connectivity index (χ0v) is 13.5. The molecule has 2 atom stereocenters. The minimum Gasteiger partial charge on any atom is -0.293 e. The highest BCUT2D eigenvalue weighted by molar-refractivity contribution is 6.48. The second kappa shape index (κ2) is 6.35. The molecule has 0 saturated carbocycles. The Hall–Kier alpha value is -2.82. The molecule has 1 fully saturated rings. The van der Waals surface area contributed by atoms with E-state index >= 15 is 0 Å². The zero-order chi connectivity index (χ0) is 17.3. The van der Waals surface area contributed by atoms with Gasteiger partial charge in [0, 0.05) is 11.8 Å². The zero-order valence-electron chi connectivity index (χ0n) is 13.5. The number of aromatic nitrogens is 1. The highest BCUT2D eigenvalue weighted by Crippen LogP contribution is 2.34. The van der Waals surface area contributed by atoms with Gasteiger partial charge in [-0.05, 0) is 18.1 Å². The van der Waals surface area contributed by atoms with E-state index in [1.807, 2.05) is 13.8 Å². The molecule has 0 aliphatic carbocycles. The fourth-order valence-electron chi connectivity index (χ4n) is 3.18. The van der Waals surface area contributed by atoms with Crippen LogP contribution in [0.2, 0.25) is 0 Å². The Labute approximate surface area is 140 Å². The lowest BCUT2D eigenvalue weighted by molar-refractivity contribution is -0.135. The van der Waals surface area contributed by atoms with Crippen LogP contribution >= 0.6 is 0 Å². The van der Waals surface area contributed by atoms with Gasteiger partial charge in [0.2, 0.25) is 5.78 Å². The Morgan fingerprint density at radius 2 is 1.71 bits per heavy atom. The van der Waals surface area contributed by atoms with Crippen molar-refractivity contribution in [2.45, 2.75) is 19.9 Å². The minimum atomic E-state index is -0.998. The van der Waals surface area contributed by atoms with Crippen molar-refractivity contribution in [1.29, 1.82) is 0 Å². The van der Waals surface area contributed by atoms with Crippen LogP contribution in [0.15, 0.2) is 54.7 Å². The average molecular weight is 322 g/mol. The van der Waals surface area contributed by atoms with Gasteiger partial charge >= 0.3 is 0 Å². The van der Waals surface area contributed by atoms with Crippen molar-refractivity contribution in [3.8, 4) is 0 Å². The Balaban J connectivity index is 2.05. The van der Waals surface area contributed by atoms with Crippen LogP contribution in [-0.2, 0) is 9.59 Å². The lowest BCUT2D eigenvalue weighted by Gasteiger charge is -2.29. The molecular weight excluding hydrogens is 304 g/mol. The van der Waals surface area contributed by atoms with Gasteiger partial charge < -0.3 is 0 Å². The number of benzene rings is 1. The molecule has 1 aromatic heterocycles. The summed E-state index contributed by atoms with van der Waals surface area (Å²) in [4.78, 5) is 43.6. The third-order valence-corrected chi connectivity index (χ3v) is 4.27. The number of hydrogen-bond donors (Lipinski definition) is 0. The van der Waals surface area contributed by atoms with E-state index in [9.17, 15) is 14.4 Å². The molecule has 2 heterocycles. The van der Waals surface area contributed by atoms with Crippen LogP contribution in [0.25, 0.3) is 0 Å². The molecule has 3 rings (SSSR count). The van der Waals surface area contributed by atoms with Crippen LogP contribution < -0.4 is 4.90 Å². The molecule has 122 valence electrons. The number of anilines is 1. The summed E-state index contributed by atoms with van der Waals surface area (Å²) in [5.41, 5.74) is 0.442. The largest absolute Gasteiger partial charge is 0.296 e. The van der Waals surface area contributed by atoms with Crippen LogP contribution in [0, 0.1) is 11.8 Å². The summed E-state index contributed by atoms with van der Waals surface area (Å²) in [6.07, 6.45) is 1.57. The SMILES string of the molecule is CC(C)C1C(C(=O)c2ccccc2)C(=O)C(=O)N1c1ccccn1. The van der Waals surface area contributed by atoms with Gasteiger partial charge in [0.25, 0.3) is 5.91 Å². The van der Waals surface area contributed by atoms with Gasteiger partial charge in [-0.15, -0.1) is 0 Å². The van der Waals surface area contributed by atoms with Crippen molar-refractivity contribution in [1.82, 2.24) is 4.98 Å². The molecule has 1 aliphatic rings. The normalized spacial score (nSPS) is 20.7. The van der Waals surface area contributed by atoms with E-state index in [-0.39, 0.29) is 11.7 Å². The number of carbonyl (C=O) groups is 3. The minimum absolute atomic E-state index is 0.0694. The van der Waals surface area contributed by atoms with E-state index in [1.54, 1.807) is 54.7 Å². The van der Waals surface area contributed by atoms with Gasteiger partial charge in [-0.2, -0.15) is 0 Å². The number of amides is 1. The Bertz CT molecular complexity index is 772. The molecule has 0 spiro atoms. The van der Waals surface area contributed by atoms with Crippen LogP contribution in [0.4, 0.5) is 5.82 Å². The Kier molecular flexibility index (Phi) is 4.25. The van der Waals surface area contributed by atoms with Crippen molar-refractivity contribution in [3.63, 3.8) is 0 Å². The summed E-state index contributed by atoms with van der Waals surface area (Å²) in [7, 11) is 0. The molecule has 2 unspecified atom stereocenters. The quantitative estimate of drug-likeness (QED) is 0.493. The van der Waals surface area contributed by atoms with E-state index in [4.69, 9.17) is 0 Å². The third-order valence-electron chi connectivity index (χ3n) is 4.27. The topological polar surface area (TPSA) is 67.3 Å². The molecule has 1 aliphatic heterocycles. The van der Waals surface area contributed by atoms with Crippen molar-refractivity contribution in [3.05, 3.63) is 60.3 Å². The molecule has 0 N–H and O–H groups in total. The van der Waals surface area contributed by atoms with Crippen molar-refractivity contribution >= 4 is 23.3 Å². The maximum absolute atomic E-state index is 12.9. The standard InChI is InChI=1S/C19H18N2O3/c1-12(2)16-15(17(22)13-8-4-3-5-9-13)18(23)19(24)21(16)14-10-6-7-11-20-14/h3-12,15-16H,1-2H3. The fraction of sp³-hybridized carbons (Fsp3) is 0.263. The van der Waals surface area contributed by atoms with Crippen molar-refractivity contribution < 1.29 is 14.4 Å². The number of nitrogens with zero attached hydrogens (tertiary/aromatic N) is 2. The van der Waals surface area contributed by atoms with Crippen molar-refractivity contribution in [2.75, 3.05) is 4.90 Å². The predicted octanol–water partition coefficient (Wildman–Crippen LogP) is 2.52. The molecule has 2 aromatic rings. The highest BCUT2D eigenvalue weighted by atomic mass is 16.2. The molecular formula is C19H18N2O3. The summed E-state index contributed by atoms with van der Waals surface area (Å²) >= 11 is 0. The predicted molar refractivity (Wildman–Crippen MR) is 89.6 cm³/mol. The van der Waals surface area contributed by atoms with Gasteiger partial charge in [0.05, 0.1) is 6.04 Å². The van der Waals surface area contributed by atoms with E-state index < -0.39 is 23.7 Å². The highest BCUT2D eigenvalue weighted by Gasteiger charge is 2.52. The maximum atomic E-state index is 12.9. The van der Waals surface area contributed by atoms with Gasteiger partial charge in [0.1, 0.15) is 11.7 Å². The molecule has 5 nitrogen and oxygen atoms in total. The van der Waals surface area contributed by atoms with E-state index in [0.29, 0.717) is 11.4 Å². The average Bonchev–Trinajstić information content (AvgIpc) is 2.87. The number of carbonyl (C=O) groups excluding carboxylic acids is 3. The van der Waals surface area contributed by atoms with Crippen LogP contribution in [0.3, 0.4) is 0 Å². The molecule has 5 heteroatoms. The van der Waals surface area contributed by atoms with E-state index in [1.165, 1.54) is 4.90 Å². The lowest BCUT2D eigenvalue weighted by Crippen LogP contribution is -2.41. The number of hydrogen-bond acceptors (Lipinski definition) is 4. The maximum Gasteiger partial charge on any atom is 0.296 e. The number of Topliss-reactive ketones (excluding diaryl/α,β-unsaturated/α-hetero) is 2. The second-order valence-corrected chi connectivity index (χ2v) is 6.17. The third kappa shape index (κ3) is 2.62. The van der Waals surface area contributed by atoms with Gasteiger partial charge in [0.15, 0.2) is 5.78 Å². The van der Waals surface area contributed by atoms with Gasteiger partial charge in [-0.3, -0.25) is 19.3 Å². The number of ketones is 2. The molecule has 24 heavy (non-hydrogen) atoms. The summed E-state index contributed by atoms with van der Waals surface area (Å²) in [5.74, 6) is -2.30. The van der Waals surface area contributed by atoms with Gasteiger partial charge in [-0.25, -0.2) is 4.98 Å². The smallest absolute Gasteiger partial charge is 0.293 e. The molecule has 1 amide bonds. The first-order valence-electron chi connectivity index (χ1n) is 7.90. The monoisotopic (exact) mass is 322 g/mol. The summed E-state index contributed by atoms with van der Waals surface area (Å²) in [5, 5.41) is 0. The molecule has 0 bridgehead atoms. The molecule has 0 radical (unpaired) electrons. The Morgan fingerprint density at radius 1 is 1.04 bits per heavy atom. The number of pyridine rings is 1. The first kappa shape index (κ1) is 16.1. The first-order valence-corrected chi connectivity index (χ1v) is 7.90.